The Morgan fingerprint density at radius 2 is 1.58 bits per heavy atom. The molecule has 0 aromatic heterocycles. The smallest absolute Gasteiger partial charge is 0.119 e. The van der Waals surface area contributed by atoms with E-state index < -0.39 is 0 Å². The summed E-state index contributed by atoms with van der Waals surface area (Å²) in [5, 5.41) is 0. The van der Waals surface area contributed by atoms with Gasteiger partial charge in [-0.05, 0) is 48.9 Å². The molecule has 0 aliphatic carbocycles. The van der Waals surface area contributed by atoms with Crippen LogP contribution in [0.5, 0.6) is 5.75 Å². The number of para-hydroxylation sites is 1. The Kier molecular flexibility index (Phi) is 4.44. The van der Waals surface area contributed by atoms with Crippen LogP contribution in [0.15, 0.2) is 83.9 Å². The third-order valence-electron chi connectivity index (χ3n) is 4.79. The minimum atomic E-state index is 0.312. The Morgan fingerprint density at radius 3 is 2.23 bits per heavy atom. The van der Waals surface area contributed by atoms with Gasteiger partial charge in [-0.15, -0.1) is 0 Å². The minimum Gasteiger partial charge on any atom is -0.497 e. The molecule has 0 N–H and O–H groups in total. The summed E-state index contributed by atoms with van der Waals surface area (Å²) in [4.78, 5) is 7.19. The average Bonchev–Trinajstić information content (AvgIpc) is 2.67. The zero-order valence-electron chi connectivity index (χ0n) is 15.1. The molecule has 3 aromatic carbocycles. The summed E-state index contributed by atoms with van der Waals surface area (Å²) in [5.41, 5.74) is 4.72. The Balaban J connectivity index is 1.69. The van der Waals surface area contributed by atoms with Gasteiger partial charge in [0, 0.05) is 12.1 Å². The van der Waals surface area contributed by atoms with E-state index in [4.69, 9.17) is 9.73 Å². The van der Waals surface area contributed by atoms with Crippen LogP contribution in [0, 0.1) is 6.92 Å². The van der Waals surface area contributed by atoms with Crippen LogP contribution >= 0.6 is 0 Å². The number of benzene rings is 3. The number of hydrogen-bond donors (Lipinski definition) is 0. The zero-order chi connectivity index (χ0) is 17.9. The number of amidine groups is 1. The van der Waals surface area contributed by atoms with E-state index in [1.54, 1.807) is 7.11 Å². The Labute approximate surface area is 154 Å². The number of methoxy groups -OCH3 is 1. The second kappa shape index (κ2) is 7.04. The lowest BCUT2D eigenvalue weighted by Crippen LogP contribution is -2.46. The molecule has 4 rings (SSSR count). The van der Waals surface area contributed by atoms with Crippen molar-refractivity contribution >= 4 is 17.2 Å². The van der Waals surface area contributed by atoms with Crippen molar-refractivity contribution in [2.75, 3.05) is 12.0 Å². The number of nitrogens with zero attached hydrogens (tertiary/aromatic N) is 2. The second-order valence-electron chi connectivity index (χ2n) is 6.56. The third kappa shape index (κ3) is 3.21. The molecule has 1 heterocycles. The average molecular weight is 342 g/mol. The minimum absolute atomic E-state index is 0.312. The van der Waals surface area contributed by atoms with Gasteiger partial charge in [0.25, 0.3) is 0 Å². The molecule has 0 spiro atoms. The summed E-state index contributed by atoms with van der Waals surface area (Å²) < 4.78 is 5.30. The molecule has 0 bridgehead atoms. The third-order valence-corrected chi connectivity index (χ3v) is 4.79. The summed E-state index contributed by atoms with van der Waals surface area (Å²) in [6.45, 7) is 2.12. The molecular weight excluding hydrogens is 320 g/mol. The van der Waals surface area contributed by atoms with Gasteiger partial charge < -0.3 is 9.64 Å². The molecule has 1 unspecified atom stereocenters. The normalized spacial score (nSPS) is 17.8. The van der Waals surface area contributed by atoms with Crippen molar-refractivity contribution in [1.29, 1.82) is 0 Å². The fourth-order valence-corrected chi connectivity index (χ4v) is 3.31. The highest BCUT2D eigenvalue weighted by Crippen LogP contribution is 2.41. The molecule has 1 atom stereocenters. The summed E-state index contributed by atoms with van der Waals surface area (Å²) in [6, 6.07) is 27.4. The highest BCUT2D eigenvalue weighted by Gasteiger charge is 2.36. The Morgan fingerprint density at radius 1 is 0.885 bits per heavy atom. The van der Waals surface area contributed by atoms with E-state index in [0.717, 1.165) is 29.4 Å². The predicted octanol–water partition coefficient (Wildman–Crippen LogP) is 5.69. The van der Waals surface area contributed by atoms with Crippen LogP contribution in [0.3, 0.4) is 0 Å². The van der Waals surface area contributed by atoms with E-state index in [1.165, 1.54) is 11.1 Å². The maximum Gasteiger partial charge on any atom is 0.119 e. The van der Waals surface area contributed by atoms with E-state index in [-0.39, 0.29) is 0 Å². The highest BCUT2D eigenvalue weighted by atomic mass is 16.5. The maximum absolute atomic E-state index is 5.30. The molecule has 1 aliphatic rings. The molecule has 0 saturated carbocycles. The summed E-state index contributed by atoms with van der Waals surface area (Å²) in [6.07, 6.45) is 0.935. The fourth-order valence-electron chi connectivity index (χ4n) is 3.31. The van der Waals surface area contributed by atoms with Crippen molar-refractivity contribution in [2.24, 2.45) is 4.99 Å². The van der Waals surface area contributed by atoms with Crippen LogP contribution in [0.25, 0.3) is 0 Å². The van der Waals surface area contributed by atoms with Crippen LogP contribution in [-0.4, -0.2) is 12.9 Å². The van der Waals surface area contributed by atoms with E-state index in [0.29, 0.717) is 6.04 Å². The van der Waals surface area contributed by atoms with Gasteiger partial charge in [-0.3, -0.25) is 0 Å². The number of hydrogen-bond acceptors (Lipinski definition) is 2. The predicted molar refractivity (Wildman–Crippen MR) is 108 cm³/mol. The van der Waals surface area contributed by atoms with Crippen molar-refractivity contribution in [1.82, 2.24) is 0 Å². The van der Waals surface area contributed by atoms with Crippen LogP contribution in [-0.2, 0) is 0 Å². The van der Waals surface area contributed by atoms with Crippen molar-refractivity contribution < 1.29 is 4.74 Å². The number of rotatable bonds is 4. The van der Waals surface area contributed by atoms with Crippen molar-refractivity contribution in [3.8, 4) is 5.75 Å². The van der Waals surface area contributed by atoms with E-state index in [1.807, 2.05) is 42.5 Å². The molecule has 0 radical (unpaired) electrons. The lowest BCUT2D eigenvalue weighted by Gasteiger charge is -2.44. The fraction of sp³-hybridized carbons (Fsp3) is 0.174. The van der Waals surface area contributed by atoms with Gasteiger partial charge in [0.1, 0.15) is 11.6 Å². The Hall–Kier alpha value is -3.07. The van der Waals surface area contributed by atoms with Crippen molar-refractivity contribution in [3.05, 3.63) is 90.0 Å². The first-order valence-electron chi connectivity index (χ1n) is 8.87. The molecular formula is C23H22N2O. The lowest BCUT2D eigenvalue weighted by atomic mass is 9.91. The molecule has 26 heavy (non-hydrogen) atoms. The van der Waals surface area contributed by atoms with Gasteiger partial charge in [-0.25, -0.2) is 4.99 Å². The van der Waals surface area contributed by atoms with Crippen LogP contribution in [0.1, 0.15) is 23.6 Å². The molecule has 1 saturated heterocycles. The van der Waals surface area contributed by atoms with Gasteiger partial charge in [0.2, 0.25) is 0 Å². The molecule has 1 aliphatic heterocycles. The first kappa shape index (κ1) is 16.4. The molecule has 3 aromatic rings. The first-order chi connectivity index (χ1) is 12.7. The quantitative estimate of drug-likeness (QED) is 0.609. The van der Waals surface area contributed by atoms with E-state index in [2.05, 4.69) is 48.2 Å². The summed E-state index contributed by atoms with van der Waals surface area (Å²) in [7, 11) is 1.69. The number of anilines is 1. The largest absolute Gasteiger partial charge is 0.497 e. The van der Waals surface area contributed by atoms with Crippen LogP contribution in [0.4, 0.5) is 11.4 Å². The van der Waals surface area contributed by atoms with Gasteiger partial charge in [0.15, 0.2) is 0 Å². The van der Waals surface area contributed by atoms with Crippen molar-refractivity contribution in [2.45, 2.75) is 19.4 Å². The van der Waals surface area contributed by atoms with Gasteiger partial charge in [-0.2, -0.15) is 0 Å². The van der Waals surface area contributed by atoms with E-state index >= 15 is 0 Å². The van der Waals surface area contributed by atoms with Crippen LogP contribution in [0.2, 0.25) is 0 Å². The molecule has 0 amide bonds. The van der Waals surface area contributed by atoms with Crippen LogP contribution < -0.4 is 9.64 Å². The molecule has 130 valence electrons. The SMILES string of the molecule is COc1ccc(N2/C(=N/c3ccccc3)CC2c2ccc(C)cc2)cc1. The summed E-state index contributed by atoms with van der Waals surface area (Å²) >= 11 is 0. The van der Waals surface area contributed by atoms with Gasteiger partial charge in [0.05, 0.1) is 18.8 Å². The number of aryl methyl sites for hydroxylation is 1. The molecule has 3 heteroatoms. The zero-order valence-corrected chi connectivity index (χ0v) is 15.1. The lowest BCUT2D eigenvalue weighted by molar-refractivity contribution is 0.415. The highest BCUT2D eigenvalue weighted by molar-refractivity contribution is 6.06. The topological polar surface area (TPSA) is 24.8 Å². The van der Waals surface area contributed by atoms with Gasteiger partial charge >= 0.3 is 0 Å². The van der Waals surface area contributed by atoms with Crippen molar-refractivity contribution in [3.63, 3.8) is 0 Å². The second-order valence-corrected chi connectivity index (χ2v) is 6.56. The molecule has 1 fully saturated rings. The molecule has 3 nitrogen and oxygen atoms in total. The summed E-state index contributed by atoms with van der Waals surface area (Å²) in [5.74, 6) is 1.95. The first-order valence-corrected chi connectivity index (χ1v) is 8.87. The maximum atomic E-state index is 5.30. The number of ether oxygens (including phenoxy) is 1. The Bertz CT molecular complexity index is 899. The number of aliphatic imine (C=N–C) groups is 1. The standard InChI is InChI=1S/C23H22N2O/c1-17-8-10-18(11-9-17)22-16-23(24-19-6-4-3-5-7-19)25(22)20-12-14-21(26-2)15-13-20/h3-15,22H,16H2,1-2H3/b24-23+. The van der Waals surface area contributed by atoms with Gasteiger partial charge in [-0.1, -0.05) is 48.0 Å². The monoisotopic (exact) mass is 342 g/mol. The van der Waals surface area contributed by atoms with E-state index in [9.17, 15) is 0 Å².